The van der Waals surface area contributed by atoms with Gasteiger partial charge in [0.1, 0.15) is 5.75 Å². The third-order valence-electron chi connectivity index (χ3n) is 6.75. The van der Waals surface area contributed by atoms with E-state index in [4.69, 9.17) is 23.4 Å². The normalized spacial score (nSPS) is 19.5. The molecule has 0 amide bonds. The van der Waals surface area contributed by atoms with Crippen LogP contribution in [0.2, 0.25) is 18.1 Å². The van der Waals surface area contributed by atoms with Gasteiger partial charge in [-0.3, -0.25) is 4.79 Å². The number of ether oxygens (including phenoxy) is 4. The highest BCUT2D eigenvalue weighted by atomic mass is 28.4. The van der Waals surface area contributed by atoms with Crippen LogP contribution in [-0.2, 0) is 20.6 Å². The number of rotatable bonds is 8. The topological polar surface area (TPSA) is 63.2 Å². The first-order chi connectivity index (χ1) is 14.0. The Bertz CT molecular complexity index is 753. The van der Waals surface area contributed by atoms with E-state index < -0.39 is 8.32 Å². The van der Waals surface area contributed by atoms with Crippen LogP contribution >= 0.6 is 0 Å². The summed E-state index contributed by atoms with van der Waals surface area (Å²) in [4.78, 5) is 12.4. The molecule has 0 heterocycles. The van der Waals surface area contributed by atoms with Crippen molar-refractivity contribution in [1.82, 2.24) is 0 Å². The molecular weight excluding hydrogens is 400 g/mol. The molecule has 7 heteroatoms. The van der Waals surface area contributed by atoms with Gasteiger partial charge in [-0.25, -0.2) is 0 Å². The van der Waals surface area contributed by atoms with Crippen LogP contribution in [0.15, 0.2) is 6.07 Å². The van der Waals surface area contributed by atoms with Crippen molar-refractivity contribution in [2.45, 2.75) is 70.7 Å². The number of hydrogen-bond acceptors (Lipinski definition) is 6. The van der Waals surface area contributed by atoms with E-state index in [1.54, 1.807) is 21.3 Å². The Hall–Kier alpha value is -1.73. The van der Waals surface area contributed by atoms with Gasteiger partial charge in [-0.15, -0.1) is 0 Å². The van der Waals surface area contributed by atoms with Crippen molar-refractivity contribution < 1.29 is 28.2 Å². The number of benzene rings is 1. The quantitative estimate of drug-likeness (QED) is 0.406. The van der Waals surface area contributed by atoms with Crippen LogP contribution in [-0.4, -0.2) is 42.7 Å². The molecule has 1 saturated carbocycles. The summed E-state index contributed by atoms with van der Waals surface area (Å²) in [6.45, 7) is 11.4. The monoisotopic (exact) mass is 438 g/mol. The lowest BCUT2D eigenvalue weighted by atomic mass is 9.86. The fraction of sp³-hybridized carbons (Fsp3) is 0.696. The molecule has 0 spiro atoms. The van der Waals surface area contributed by atoms with Gasteiger partial charge < -0.3 is 23.4 Å². The second kappa shape index (κ2) is 9.60. The molecule has 0 aliphatic heterocycles. The van der Waals surface area contributed by atoms with E-state index in [1.807, 2.05) is 6.07 Å². The summed E-state index contributed by atoms with van der Waals surface area (Å²) in [5, 5.41) is 0.0800. The van der Waals surface area contributed by atoms with Crippen LogP contribution in [0.4, 0.5) is 0 Å². The number of hydrogen-bond donors (Lipinski definition) is 0. The zero-order valence-electron chi connectivity index (χ0n) is 20.0. The Labute approximate surface area is 182 Å². The molecule has 0 N–H and O–H groups in total. The smallest absolute Gasteiger partial charge is 0.309 e. The number of methoxy groups -OCH3 is 4. The molecule has 1 fully saturated rings. The Morgan fingerprint density at radius 3 is 2.17 bits per heavy atom. The third kappa shape index (κ3) is 4.77. The molecule has 1 aromatic rings. The highest BCUT2D eigenvalue weighted by molar-refractivity contribution is 6.74. The molecule has 0 saturated heterocycles. The molecule has 0 radical (unpaired) electrons. The summed E-state index contributed by atoms with van der Waals surface area (Å²) in [7, 11) is 4.35. The van der Waals surface area contributed by atoms with Gasteiger partial charge in [0.25, 0.3) is 0 Å². The molecule has 2 atom stereocenters. The van der Waals surface area contributed by atoms with Gasteiger partial charge in [-0.1, -0.05) is 27.2 Å². The average molecular weight is 439 g/mol. The molecule has 2 rings (SSSR count). The minimum absolute atomic E-state index is 0.0128. The first kappa shape index (κ1) is 24.5. The first-order valence-corrected chi connectivity index (χ1v) is 13.5. The summed E-state index contributed by atoms with van der Waals surface area (Å²) in [5.41, 5.74) is 1.78. The van der Waals surface area contributed by atoms with Crippen LogP contribution in [0.25, 0.3) is 0 Å². The lowest BCUT2D eigenvalue weighted by molar-refractivity contribution is -0.145. The predicted octanol–water partition coefficient (Wildman–Crippen LogP) is 5.29. The summed E-state index contributed by atoms with van der Waals surface area (Å²) in [5.74, 6) is 1.61. The van der Waals surface area contributed by atoms with Crippen molar-refractivity contribution in [1.29, 1.82) is 0 Å². The van der Waals surface area contributed by atoms with Gasteiger partial charge in [-0.2, -0.15) is 0 Å². The van der Waals surface area contributed by atoms with Crippen LogP contribution in [0.5, 0.6) is 17.2 Å². The van der Waals surface area contributed by atoms with Gasteiger partial charge in [-0.05, 0) is 37.0 Å². The molecule has 30 heavy (non-hydrogen) atoms. The lowest BCUT2D eigenvalue weighted by Crippen LogP contribution is -2.40. The molecule has 170 valence electrons. The molecule has 0 bridgehead atoms. The largest absolute Gasteiger partial charge is 0.496 e. The number of carbonyl (C=O) groups is 1. The van der Waals surface area contributed by atoms with Gasteiger partial charge in [0, 0.05) is 11.5 Å². The fourth-order valence-electron chi connectivity index (χ4n) is 3.96. The van der Waals surface area contributed by atoms with E-state index in [1.165, 1.54) is 7.11 Å². The Kier molecular flexibility index (Phi) is 7.85. The maximum absolute atomic E-state index is 12.4. The van der Waals surface area contributed by atoms with E-state index in [2.05, 4.69) is 33.9 Å². The SMILES string of the molecule is COC(=O)C1CCCC1c1cc(OC)c(OC)c(CO[Si](C)(C)C(C)(C)C)c1OC. The molecule has 1 aliphatic rings. The standard InChI is InChI=1S/C23H38O6Si/c1-23(2,3)30(8,9)29-14-18-20(26-5)17(13-19(25-4)21(18)27-6)15-11-10-12-16(15)22(24)28-7/h13,15-16H,10-12,14H2,1-9H3. The van der Waals surface area contributed by atoms with Crippen molar-refractivity contribution in [3.63, 3.8) is 0 Å². The van der Waals surface area contributed by atoms with Crippen molar-refractivity contribution in [3.05, 3.63) is 17.2 Å². The highest BCUT2D eigenvalue weighted by Crippen LogP contribution is 2.50. The van der Waals surface area contributed by atoms with Crippen LogP contribution in [0.3, 0.4) is 0 Å². The highest BCUT2D eigenvalue weighted by Gasteiger charge is 2.40. The summed E-state index contributed by atoms with van der Waals surface area (Å²) in [6, 6.07) is 1.94. The van der Waals surface area contributed by atoms with Crippen molar-refractivity contribution in [2.75, 3.05) is 28.4 Å². The van der Waals surface area contributed by atoms with Crippen LogP contribution in [0, 0.1) is 5.92 Å². The summed E-state index contributed by atoms with van der Waals surface area (Å²) >= 11 is 0. The zero-order valence-corrected chi connectivity index (χ0v) is 21.0. The molecule has 1 aliphatic carbocycles. The molecule has 2 unspecified atom stereocenters. The minimum atomic E-state index is -2.00. The van der Waals surface area contributed by atoms with Crippen molar-refractivity contribution in [3.8, 4) is 17.2 Å². The summed E-state index contributed by atoms with van der Waals surface area (Å²) < 4.78 is 28.8. The van der Waals surface area contributed by atoms with E-state index in [0.29, 0.717) is 23.9 Å². The van der Waals surface area contributed by atoms with Gasteiger partial charge in [0.05, 0.1) is 46.5 Å². The van der Waals surface area contributed by atoms with E-state index >= 15 is 0 Å². The maximum Gasteiger partial charge on any atom is 0.309 e. The fourth-order valence-corrected chi connectivity index (χ4v) is 4.89. The van der Waals surface area contributed by atoms with E-state index in [-0.39, 0.29) is 22.8 Å². The first-order valence-electron chi connectivity index (χ1n) is 10.6. The van der Waals surface area contributed by atoms with E-state index in [9.17, 15) is 4.79 Å². The second-order valence-corrected chi connectivity index (χ2v) is 14.2. The Morgan fingerprint density at radius 2 is 1.67 bits per heavy atom. The van der Waals surface area contributed by atoms with Crippen LogP contribution in [0.1, 0.15) is 57.1 Å². The minimum Gasteiger partial charge on any atom is -0.496 e. The third-order valence-corrected chi connectivity index (χ3v) is 11.2. The number of carbonyl (C=O) groups excluding carboxylic acids is 1. The number of esters is 1. The zero-order chi connectivity index (χ0) is 22.7. The molecule has 1 aromatic carbocycles. The second-order valence-electron chi connectivity index (χ2n) is 9.43. The van der Waals surface area contributed by atoms with Crippen molar-refractivity contribution >= 4 is 14.3 Å². The molecular formula is C23H38O6Si. The Balaban J connectivity index is 2.57. The van der Waals surface area contributed by atoms with Gasteiger partial charge in [0.15, 0.2) is 19.8 Å². The van der Waals surface area contributed by atoms with Crippen molar-refractivity contribution in [2.24, 2.45) is 5.92 Å². The molecule has 0 aromatic heterocycles. The Morgan fingerprint density at radius 1 is 1.03 bits per heavy atom. The van der Waals surface area contributed by atoms with Gasteiger partial charge in [0.2, 0.25) is 0 Å². The lowest BCUT2D eigenvalue weighted by Gasteiger charge is -2.36. The molecule has 6 nitrogen and oxygen atoms in total. The van der Waals surface area contributed by atoms with Crippen LogP contribution < -0.4 is 14.2 Å². The summed E-state index contributed by atoms with van der Waals surface area (Å²) in [6.07, 6.45) is 2.68. The maximum atomic E-state index is 12.4. The average Bonchev–Trinajstić information content (AvgIpc) is 3.18. The van der Waals surface area contributed by atoms with Gasteiger partial charge >= 0.3 is 5.97 Å². The van der Waals surface area contributed by atoms with E-state index in [0.717, 1.165) is 30.4 Å². The predicted molar refractivity (Wildman–Crippen MR) is 120 cm³/mol.